The first kappa shape index (κ1) is 17.4. The van der Waals surface area contributed by atoms with Gasteiger partial charge in [-0.2, -0.15) is 0 Å². The molecule has 3 aromatic carbocycles. The SMILES string of the molecule is Cc1ccc(-c2c(S(=O)(=O)c3ccc(C)cc3)cnc3ccccc23)cc1. The van der Waals surface area contributed by atoms with Crippen molar-refractivity contribution in [2.45, 2.75) is 23.6 Å². The van der Waals surface area contributed by atoms with E-state index in [0.29, 0.717) is 5.56 Å². The van der Waals surface area contributed by atoms with Crippen LogP contribution in [0.3, 0.4) is 0 Å². The van der Waals surface area contributed by atoms with E-state index in [9.17, 15) is 8.42 Å². The number of hydrogen-bond acceptors (Lipinski definition) is 3. The van der Waals surface area contributed by atoms with Gasteiger partial charge in [0.05, 0.1) is 15.3 Å². The summed E-state index contributed by atoms with van der Waals surface area (Å²) < 4.78 is 26.8. The normalized spacial score (nSPS) is 11.6. The molecule has 3 nitrogen and oxygen atoms in total. The van der Waals surface area contributed by atoms with E-state index in [0.717, 1.165) is 27.6 Å². The minimum atomic E-state index is -3.70. The molecule has 0 saturated heterocycles. The van der Waals surface area contributed by atoms with Crippen molar-refractivity contribution < 1.29 is 8.42 Å². The van der Waals surface area contributed by atoms with E-state index < -0.39 is 9.84 Å². The fourth-order valence-corrected chi connectivity index (χ4v) is 4.63. The van der Waals surface area contributed by atoms with Crippen molar-refractivity contribution in [3.05, 3.63) is 90.1 Å². The molecule has 0 aliphatic carbocycles. The molecule has 0 amide bonds. The Labute approximate surface area is 159 Å². The maximum Gasteiger partial charge on any atom is 0.208 e. The second kappa shape index (κ2) is 6.63. The third kappa shape index (κ3) is 3.13. The van der Waals surface area contributed by atoms with Crippen molar-refractivity contribution in [2.75, 3.05) is 0 Å². The predicted molar refractivity (Wildman–Crippen MR) is 109 cm³/mol. The van der Waals surface area contributed by atoms with Crippen LogP contribution in [0.5, 0.6) is 0 Å². The monoisotopic (exact) mass is 373 g/mol. The predicted octanol–water partition coefficient (Wildman–Crippen LogP) is 5.35. The third-order valence-corrected chi connectivity index (χ3v) is 6.48. The average molecular weight is 373 g/mol. The topological polar surface area (TPSA) is 47.0 Å². The molecule has 4 heteroatoms. The second-order valence-electron chi connectivity index (χ2n) is 6.70. The number of aryl methyl sites for hydroxylation is 2. The summed E-state index contributed by atoms with van der Waals surface area (Å²) in [5.74, 6) is 0. The van der Waals surface area contributed by atoms with Crippen LogP contribution in [0.25, 0.3) is 22.0 Å². The Kier molecular flexibility index (Phi) is 4.28. The highest BCUT2D eigenvalue weighted by Crippen LogP contribution is 2.36. The van der Waals surface area contributed by atoms with E-state index >= 15 is 0 Å². The highest BCUT2D eigenvalue weighted by molar-refractivity contribution is 7.91. The van der Waals surface area contributed by atoms with Gasteiger partial charge in [-0.05, 0) is 37.6 Å². The zero-order chi connectivity index (χ0) is 19.0. The summed E-state index contributed by atoms with van der Waals surface area (Å²) in [5, 5.41) is 0.828. The molecule has 0 bridgehead atoms. The molecule has 134 valence electrons. The molecule has 4 rings (SSSR count). The van der Waals surface area contributed by atoms with Crippen LogP contribution in [0.4, 0.5) is 0 Å². The first-order valence-electron chi connectivity index (χ1n) is 8.73. The van der Waals surface area contributed by atoms with Crippen LogP contribution in [-0.4, -0.2) is 13.4 Å². The third-order valence-electron chi connectivity index (χ3n) is 4.70. The van der Waals surface area contributed by atoms with Crippen LogP contribution in [0.15, 0.2) is 88.8 Å². The average Bonchev–Trinajstić information content (AvgIpc) is 2.68. The molecule has 0 fully saturated rings. The summed E-state index contributed by atoms with van der Waals surface area (Å²) >= 11 is 0. The molecule has 0 unspecified atom stereocenters. The summed E-state index contributed by atoms with van der Waals surface area (Å²) in [7, 11) is -3.70. The number of aromatic nitrogens is 1. The van der Waals surface area contributed by atoms with Gasteiger partial charge in [0.2, 0.25) is 9.84 Å². The van der Waals surface area contributed by atoms with E-state index in [1.165, 1.54) is 6.20 Å². The van der Waals surface area contributed by atoms with Gasteiger partial charge >= 0.3 is 0 Å². The number of hydrogen-bond donors (Lipinski definition) is 0. The van der Waals surface area contributed by atoms with Crippen LogP contribution >= 0.6 is 0 Å². The van der Waals surface area contributed by atoms with Gasteiger partial charge in [-0.15, -0.1) is 0 Å². The summed E-state index contributed by atoms with van der Waals surface area (Å²) in [6.07, 6.45) is 1.48. The molecule has 1 aromatic heterocycles. The Hall–Kier alpha value is -2.98. The van der Waals surface area contributed by atoms with Gasteiger partial charge in [0, 0.05) is 17.1 Å². The number of rotatable bonds is 3. The lowest BCUT2D eigenvalue weighted by Crippen LogP contribution is -2.05. The van der Waals surface area contributed by atoms with E-state index in [-0.39, 0.29) is 9.79 Å². The zero-order valence-electron chi connectivity index (χ0n) is 15.2. The van der Waals surface area contributed by atoms with Gasteiger partial charge < -0.3 is 0 Å². The molecule has 0 atom stereocenters. The molecule has 27 heavy (non-hydrogen) atoms. The van der Waals surface area contributed by atoms with Crippen molar-refractivity contribution in [2.24, 2.45) is 0 Å². The van der Waals surface area contributed by atoms with Gasteiger partial charge in [0.15, 0.2) is 0 Å². The van der Waals surface area contributed by atoms with Crippen molar-refractivity contribution in [3.8, 4) is 11.1 Å². The van der Waals surface area contributed by atoms with E-state index in [2.05, 4.69) is 4.98 Å². The largest absolute Gasteiger partial charge is 0.255 e. The Bertz CT molecular complexity index is 1230. The van der Waals surface area contributed by atoms with E-state index in [1.54, 1.807) is 12.1 Å². The molecule has 0 saturated carbocycles. The lowest BCUT2D eigenvalue weighted by Gasteiger charge is -2.14. The number of fused-ring (bicyclic) bond motifs is 1. The highest BCUT2D eigenvalue weighted by Gasteiger charge is 2.24. The fourth-order valence-electron chi connectivity index (χ4n) is 3.19. The van der Waals surface area contributed by atoms with Crippen molar-refractivity contribution in [3.63, 3.8) is 0 Å². The van der Waals surface area contributed by atoms with Crippen LogP contribution < -0.4 is 0 Å². The Morgan fingerprint density at radius 2 is 1.33 bits per heavy atom. The molecular weight excluding hydrogens is 354 g/mol. The van der Waals surface area contributed by atoms with Crippen LogP contribution in [0.2, 0.25) is 0 Å². The first-order chi connectivity index (χ1) is 13.0. The molecule has 0 aliphatic heterocycles. The molecule has 1 heterocycles. The molecule has 0 N–H and O–H groups in total. The van der Waals surface area contributed by atoms with Crippen molar-refractivity contribution >= 4 is 20.7 Å². The molecular formula is C23H19NO2S. The summed E-state index contributed by atoms with van der Waals surface area (Å²) in [6.45, 7) is 3.95. The van der Waals surface area contributed by atoms with Gasteiger partial charge in [-0.25, -0.2) is 8.42 Å². The zero-order valence-corrected chi connectivity index (χ0v) is 16.0. The summed E-state index contributed by atoms with van der Waals surface area (Å²) in [5.41, 5.74) is 4.48. The minimum Gasteiger partial charge on any atom is -0.255 e. The van der Waals surface area contributed by atoms with Crippen molar-refractivity contribution in [1.82, 2.24) is 4.98 Å². The van der Waals surface area contributed by atoms with Gasteiger partial charge in [-0.3, -0.25) is 4.98 Å². The quantitative estimate of drug-likeness (QED) is 0.486. The number of para-hydroxylation sites is 1. The number of benzene rings is 3. The van der Waals surface area contributed by atoms with Crippen molar-refractivity contribution in [1.29, 1.82) is 0 Å². The molecule has 0 radical (unpaired) electrons. The highest BCUT2D eigenvalue weighted by atomic mass is 32.2. The Morgan fingerprint density at radius 1 is 0.741 bits per heavy atom. The van der Waals surface area contributed by atoms with Gasteiger partial charge in [-0.1, -0.05) is 65.7 Å². The van der Waals surface area contributed by atoms with Gasteiger partial charge in [0.25, 0.3) is 0 Å². The smallest absolute Gasteiger partial charge is 0.208 e. The summed E-state index contributed by atoms with van der Waals surface area (Å²) in [6, 6.07) is 22.5. The van der Waals surface area contributed by atoms with E-state index in [1.807, 2.05) is 74.5 Å². The molecule has 0 spiro atoms. The van der Waals surface area contributed by atoms with Gasteiger partial charge in [0.1, 0.15) is 0 Å². The number of pyridine rings is 1. The lowest BCUT2D eigenvalue weighted by molar-refractivity contribution is 0.596. The number of sulfone groups is 1. The Morgan fingerprint density at radius 3 is 2.00 bits per heavy atom. The first-order valence-corrected chi connectivity index (χ1v) is 10.2. The second-order valence-corrected chi connectivity index (χ2v) is 8.62. The van der Waals surface area contributed by atoms with E-state index in [4.69, 9.17) is 0 Å². The van der Waals surface area contributed by atoms with Crippen LogP contribution in [0, 0.1) is 13.8 Å². The van der Waals surface area contributed by atoms with Crippen LogP contribution in [0.1, 0.15) is 11.1 Å². The maximum absolute atomic E-state index is 13.4. The fraction of sp³-hybridized carbons (Fsp3) is 0.0870. The summed E-state index contributed by atoms with van der Waals surface area (Å²) in [4.78, 5) is 4.92. The number of nitrogens with zero attached hydrogens (tertiary/aromatic N) is 1. The molecule has 0 aliphatic rings. The molecule has 4 aromatic rings. The lowest BCUT2D eigenvalue weighted by atomic mass is 10.0. The Balaban J connectivity index is 2.05. The maximum atomic E-state index is 13.4. The van der Waals surface area contributed by atoms with Crippen LogP contribution in [-0.2, 0) is 9.84 Å². The standard InChI is InChI=1S/C23H19NO2S/c1-16-7-11-18(12-8-16)23-20-5-3-4-6-21(20)24-15-22(23)27(25,26)19-13-9-17(2)10-14-19/h3-15H,1-2H3. The minimum absolute atomic E-state index is 0.230.